The third-order valence-corrected chi connectivity index (χ3v) is 5.70. The lowest BCUT2D eigenvalue weighted by Gasteiger charge is -2.32. The fourth-order valence-corrected chi connectivity index (χ4v) is 4.01. The molecule has 0 aliphatic carbocycles. The lowest BCUT2D eigenvalue weighted by atomic mass is 9.97. The maximum Gasteiger partial charge on any atom is 0.282 e. The topological polar surface area (TPSA) is 49.9 Å². The first kappa shape index (κ1) is 20.1. The standard InChI is InChI=1S/C24H25FN2O3/c1-3-30-20-10-8-19(9-11-20)27-23(28)21(17-4-6-18(25)7-5-17)22(24(27)29)26-14-12-16(2)13-15-26/h4-11,16H,3,12-15H2,1-2H3. The number of benzene rings is 2. The molecule has 6 heteroatoms. The number of ether oxygens (including phenoxy) is 1. The summed E-state index contributed by atoms with van der Waals surface area (Å²) < 4.78 is 18.9. The Kier molecular flexibility index (Phi) is 5.57. The van der Waals surface area contributed by atoms with Crippen molar-refractivity contribution in [3.63, 3.8) is 0 Å². The van der Waals surface area contributed by atoms with Crippen LogP contribution in [0.25, 0.3) is 5.57 Å². The molecule has 2 aliphatic heterocycles. The average Bonchev–Trinajstić information content (AvgIpc) is 3.00. The molecule has 1 saturated heterocycles. The van der Waals surface area contributed by atoms with E-state index in [1.54, 1.807) is 36.4 Å². The number of anilines is 1. The van der Waals surface area contributed by atoms with Gasteiger partial charge in [0.1, 0.15) is 17.3 Å². The van der Waals surface area contributed by atoms with E-state index >= 15 is 0 Å². The molecule has 1 fully saturated rings. The molecule has 2 aromatic carbocycles. The highest BCUT2D eigenvalue weighted by molar-refractivity contribution is 6.45. The number of hydrogen-bond donors (Lipinski definition) is 0. The number of imide groups is 1. The van der Waals surface area contributed by atoms with E-state index in [0.717, 1.165) is 25.9 Å². The van der Waals surface area contributed by atoms with E-state index in [0.29, 0.717) is 40.8 Å². The van der Waals surface area contributed by atoms with Gasteiger partial charge in [-0.1, -0.05) is 19.1 Å². The van der Waals surface area contributed by atoms with Crippen LogP contribution in [0.2, 0.25) is 0 Å². The van der Waals surface area contributed by atoms with Crippen LogP contribution < -0.4 is 9.64 Å². The Bertz CT molecular complexity index is 975. The molecule has 0 unspecified atom stereocenters. The van der Waals surface area contributed by atoms with Gasteiger partial charge in [-0.3, -0.25) is 9.59 Å². The van der Waals surface area contributed by atoms with Crippen molar-refractivity contribution in [3.05, 3.63) is 65.6 Å². The normalized spacial score (nSPS) is 17.8. The van der Waals surface area contributed by atoms with Gasteiger partial charge in [-0.15, -0.1) is 0 Å². The first-order valence-corrected chi connectivity index (χ1v) is 10.4. The molecule has 0 aromatic heterocycles. The van der Waals surface area contributed by atoms with Crippen molar-refractivity contribution in [1.82, 2.24) is 4.90 Å². The van der Waals surface area contributed by atoms with Gasteiger partial charge in [-0.05, 0) is 67.6 Å². The summed E-state index contributed by atoms with van der Waals surface area (Å²) in [4.78, 5) is 30.1. The van der Waals surface area contributed by atoms with Crippen molar-refractivity contribution in [2.45, 2.75) is 26.7 Å². The summed E-state index contributed by atoms with van der Waals surface area (Å²) in [7, 11) is 0. The molecule has 0 atom stereocenters. The zero-order valence-electron chi connectivity index (χ0n) is 17.2. The van der Waals surface area contributed by atoms with Crippen LogP contribution in [0.5, 0.6) is 5.75 Å². The van der Waals surface area contributed by atoms with Crippen molar-refractivity contribution in [2.75, 3.05) is 24.6 Å². The molecular weight excluding hydrogens is 383 g/mol. The molecule has 0 spiro atoms. The Hall–Kier alpha value is -3.15. The number of amides is 2. The van der Waals surface area contributed by atoms with E-state index in [9.17, 15) is 14.0 Å². The maximum absolute atomic E-state index is 13.5. The second kappa shape index (κ2) is 8.30. The summed E-state index contributed by atoms with van der Waals surface area (Å²) in [5, 5.41) is 0. The van der Waals surface area contributed by atoms with Gasteiger partial charge in [0.15, 0.2) is 0 Å². The summed E-state index contributed by atoms with van der Waals surface area (Å²) in [5.74, 6) is 0.165. The van der Waals surface area contributed by atoms with Crippen molar-refractivity contribution in [2.24, 2.45) is 5.92 Å². The number of likely N-dealkylation sites (tertiary alicyclic amines) is 1. The first-order chi connectivity index (χ1) is 14.5. The minimum atomic E-state index is -0.385. The number of hydrogen-bond acceptors (Lipinski definition) is 4. The highest BCUT2D eigenvalue weighted by atomic mass is 19.1. The van der Waals surface area contributed by atoms with E-state index in [1.165, 1.54) is 17.0 Å². The Morgan fingerprint density at radius 3 is 2.20 bits per heavy atom. The maximum atomic E-state index is 13.5. The second-order valence-electron chi connectivity index (χ2n) is 7.77. The molecule has 2 amide bonds. The van der Waals surface area contributed by atoms with Crippen LogP contribution in [0.3, 0.4) is 0 Å². The molecule has 5 nitrogen and oxygen atoms in total. The first-order valence-electron chi connectivity index (χ1n) is 10.4. The van der Waals surface area contributed by atoms with E-state index in [4.69, 9.17) is 4.74 Å². The zero-order chi connectivity index (χ0) is 21.3. The predicted molar refractivity (Wildman–Crippen MR) is 113 cm³/mol. The fraction of sp³-hybridized carbons (Fsp3) is 0.333. The number of piperidine rings is 1. The minimum Gasteiger partial charge on any atom is -0.494 e. The van der Waals surface area contributed by atoms with Crippen LogP contribution in [0.1, 0.15) is 32.3 Å². The van der Waals surface area contributed by atoms with Crippen molar-refractivity contribution >= 4 is 23.1 Å². The van der Waals surface area contributed by atoms with Crippen molar-refractivity contribution < 1.29 is 18.7 Å². The molecule has 156 valence electrons. The quantitative estimate of drug-likeness (QED) is 0.695. The Labute approximate surface area is 175 Å². The molecule has 0 N–H and O–H groups in total. The third-order valence-electron chi connectivity index (χ3n) is 5.70. The van der Waals surface area contributed by atoms with E-state index in [2.05, 4.69) is 6.92 Å². The molecule has 2 aromatic rings. The monoisotopic (exact) mass is 408 g/mol. The molecular formula is C24H25FN2O3. The molecule has 4 rings (SSSR count). The lowest BCUT2D eigenvalue weighted by molar-refractivity contribution is -0.120. The van der Waals surface area contributed by atoms with Crippen molar-refractivity contribution in [3.8, 4) is 5.75 Å². The number of carbonyl (C=O) groups is 2. The number of carbonyl (C=O) groups excluding carboxylic acids is 2. The molecule has 0 radical (unpaired) electrons. The zero-order valence-corrected chi connectivity index (χ0v) is 17.2. The highest BCUT2D eigenvalue weighted by Crippen LogP contribution is 2.36. The number of nitrogens with zero attached hydrogens (tertiary/aromatic N) is 2. The molecule has 0 bridgehead atoms. The number of rotatable bonds is 5. The van der Waals surface area contributed by atoms with Gasteiger partial charge < -0.3 is 9.64 Å². The highest BCUT2D eigenvalue weighted by Gasteiger charge is 2.42. The van der Waals surface area contributed by atoms with Crippen LogP contribution in [-0.2, 0) is 9.59 Å². The van der Waals surface area contributed by atoms with Crippen LogP contribution >= 0.6 is 0 Å². The average molecular weight is 408 g/mol. The van der Waals surface area contributed by atoms with Gasteiger partial charge in [-0.2, -0.15) is 0 Å². The van der Waals surface area contributed by atoms with Crippen molar-refractivity contribution in [1.29, 1.82) is 0 Å². The van der Waals surface area contributed by atoms with Crippen LogP contribution in [0.4, 0.5) is 10.1 Å². The van der Waals surface area contributed by atoms with Gasteiger partial charge in [0.25, 0.3) is 11.8 Å². The van der Waals surface area contributed by atoms with Gasteiger partial charge in [0, 0.05) is 13.1 Å². The SMILES string of the molecule is CCOc1ccc(N2C(=O)C(c3ccc(F)cc3)=C(N3CCC(C)CC3)C2=O)cc1. The smallest absolute Gasteiger partial charge is 0.282 e. The largest absolute Gasteiger partial charge is 0.494 e. The molecule has 0 saturated carbocycles. The Balaban J connectivity index is 1.74. The predicted octanol–water partition coefficient (Wildman–Crippen LogP) is 4.24. The summed E-state index contributed by atoms with van der Waals surface area (Å²) in [6.45, 7) is 6.07. The molecule has 2 aliphatic rings. The van der Waals surface area contributed by atoms with Crippen LogP contribution in [0, 0.1) is 11.7 Å². The minimum absolute atomic E-state index is 0.335. The second-order valence-corrected chi connectivity index (χ2v) is 7.77. The summed E-state index contributed by atoms with van der Waals surface area (Å²) in [6.07, 6.45) is 1.93. The summed E-state index contributed by atoms with van der Waals surface area (Å²) in [6, 6.07) is 12.7. The van der Waals surface area contributed by atoms with E-state index < -0.39 is 0 Å². The van der Waals surface area contributed by atoms with Gasteiger partial charge in [0.05, 0.1) is 17.9 Å². The van der Waals surface area contributed by atoms with E-state index in [-0.39, 0.29) is 17.6 Å². The Morgan fingerprint density at radius 2 is 1.60 bits per heavy atom. The molecule has 2 heterocycles. The van der Waals surface area contributed by atoms with Gasteiger partial charge >= 0.3 is 0 Å². The number of halogens is 1. The fourth-order valence-electron chi connectivity index (χ4n) is 4.01. The van der Waals surface area contributed by atoms with Crippen LogP contribution in [0.15, 0.2) is 54.2 Å². The lowest BCUT2D eigenvalue weighted by Crippen LogP contribution is -2.38. The van der Waals surface area contributed by atoms with Crippen LogP contribution in [-0.4, -0.2) is 36.4 Å². The molecule has 30 heavy (non-hydrogen) atoms. The summed E-state index contributed by atoms with van der Waals surface area (Å²) >= 11 is 0. The van der Waals surface area contributed by atoms with Gasteiger partial charge in [-0.25, -0.2) is 9.29 Å². The van der Waals surface area contributed by atoms with Gasteiger partial charge in [0.2, 0.25) is 0 Å². The van der Waals surface area contributed by atoms with E-state index in [1.807, 2.05) is 11.8 Å². The Morgan fingerprint density at radius 1 is 0.967 bits per heavy atom. The third kappa shape index (κ3) is 3.70. The summed E-state index contributed by atoms with van der Waals surface area (Å²) in [5.41, 5.74) is 1.79.